The molecule has 7 heteroatoms. The molecule has 0 fully saturated rings. The van der Waals surface area contributed by atoms with E-state index >= 15 is 0 Å². The molecule has 138 valence electrons. The smallest absolute Gasteiger partial charge is 0.345 e. The van der Waals surface area contributed by atoms with Crippen molar-refractivity contribution in [1.82, 2.24) is 4.98 Å². The highest BCUT2D eigenvalue weighted by atomic mass is 16.5. The number of aromatic hydroxyl groups is 2. The lowest BCUT2D eigenvalue weighted by Gasteiger charge is -2.07. The second kappa shape index (κ2) is 6.88. The highest BCUT2D eigenvalue weighted by Crippen LogP contribution is 2.33. The minimum absolute atomic E-state index is 0.0919. The normalized spacial score (nSPS) is 10.7. The highest BCUT2D eigenvalue weighted by Gasteiger charge is 2.14. The number of pyridine rings is 1. The average Bonchev–Trinajstić information content (AvgIpc) is 2.71. The molecule has 0 radical (unpaired) electrons. The molecule has 7 nitrogen and oxygen atoms in total. The first-order valence-electron chi connectivity index (χ1n) is 8.24. The summed E-state index contributed by atoms with van der Waals surface area (Å²) in [4.78, 5) is 28.2. The number of hydrogen-bond acceptors (Lipinski definition) is 7. The molecule has 0 aliphatic rings. The molecule has 0 unspecified atom stereocenters. The predicted octanol–water partition coefficient (Wildman–Crippen LogP) is 3.49. The molecule has 0 bridgehead atoms. The van der Waals surface area contributed by atoms with Gasteiger partial charge in [-0.25, -0.2) is 4.79 Å². The summed E-state index contributed by atoms with van der Waals surface area (Å²) < 4.78 is 10.9. The van der Waals surface area contributed by atoms with Crippen molar-refractivity contribution in [3.05, 3.63) is 82.8 Å². The fraction of sp³-hybridized carbons (Fsp3) is 0. The van der Waals surface area contributed by atoms with E-state index in [4.69, 9.17) is 9.15 Å². The summed E-state index contributed by atoms with van der Waals surface area (Å²) in [5.41, 5.74) is 0.560. The van der Waals surface area contributed by atoms with E-state index in [0.717, 1.165) is 0 Å². The number of aromatic nitrogens is 1. The molecule has 2 heterocycles. The summed E-state index contributed by atoms with van der Waals surface area (Å²) in [6, 6.07) is 13.5. The van der Waals surface area contributed by atoms with Gasteiger partial charge in [-0.2, -0.15) is 0 Å². The van der Waals surface area contributed by atoms with Crippen molar-refractivity contribution in [3.63, 3.8) is 0 Å². The van der Waals surface area contributed by atoms with Crippen molar-refractivity contribution >= 4 is 16.9 Å². The maximum atomic E-state index is 12.3. The Kier molecular flexibility index (Phi) is 4.25. The van der Waals surface area contributed by atoms with Crippen LogP contribution in [0.1, 0.15) is 10.4 Å². The van der Waals surface area contributed by atoms with E-state index < -0.39 is 22.9 Å². The Balaban J connectivity index is 1.63. The Morgan fingerprint density at radius 1 is 1.04 bits per heavy atom. The number of phenols is 2. The summed E-state index contributed by atoms with van der Waals surface area (Å²) in [5, 5.41) is 19.3. The zero-order valence-electron chi connectivity index (χ0n) is 14.3. The van der Waals surface area contributed by atoms with E-state index in [1.54, 1.807) is 42.6 Å². The third-order valence-electron chi connectivity index (χ3n) is 4.09. The van der Waals surface area contributed by atoms with Crippen molar-refractivity contribution in [1.29, 1.82) is 0 Å². The van der Waals surface area contributed by atoms with Crippen LogP contribution in [0.15, 0.2) is 76.2 Å². The maximum absolute atomic E-state index is 12.3. The number of fused-ring (bicyclic) bond motifs is 1. The first-order valence-corrected chi connectivity index (χ1v) is 8.24. The van der Waals surface area contributed by atoms with Gasteiger partial charge in [0.25, 0.3) is 0 Å². The maximum Gasteiger partial charge on any atom is 0.345 e. The van der Waals surface area contributed by atoms with Gasteiger partial charge in [0.2, 0.25) is 0 Å². The van der Waals surface area contributed by atoms with Crippen LogP contribution in [0.4, 0.5) is 0 Å². The highest BCUT2D eigenvalue weighted by molar-refractivity contribution is 5.90. The Hall–Kier alpha value is -4.13. The van der Waals surface area contributed by atoms with Gasteiger partial charge in [-0.1, -0.05) is 0 Å². The van der Waals surface area contributed by atoms with Crippen molar-refractivity contribution in [2.45, 2.75) is 0 Å². The Labute approximate surface area is 158 Å². The van der Waals surface area contributed by atoms with E-state index in [0.29, 0.717) is 16.9 Å². The number of esters is 1. The minimum Gasteiger partial charge on any atom is -0.504 e. The van der Waals surface area contributed by atoms with Crippen molar-refractivity contribution in [3.8, 4) is 28.6 Å². The molecule has 0 spiro atoms. The molecule has 0 aliphatic carbocycles. The van der Waals surface area contributed by atoms with Crippen molar-refractivity contribution in [2.75, 3.05) is 0 Å². The number of carbonyl (C=O) groups excluding carboxylic acids is 1. The van der Waals surface area contributed by atoms with Gasteiger partial charge in [0.1, 0.15) is 22.5 Å². The number of benzene rings is 2. The third-order valence-corrected chi connectivity index (χ3v) is 4.09. The number of rotatable bonds is 3. The number of phenolic OH excluding ortho intramolecular Hbond substituents is 2. The quantitative estimate of drug-likeness (QED) is 0.320. The number of carbonyl (C=O) groups is 1. The summed E-state index contributed by atoms with van der Waals surface area (Å²) in [6.07, 6.45) is 2.97. The lowest BCUT2D eigenvalue weighted by Crippen LogP contribution is -2.08. The molecule has 0 atom stereocenters. The molecule has 0 saturated heterocycles. The van der Waals surface area contributed by atoms with E-state index in [2.05, 4.69) is 4.98 Å². The number of hydrogen-bond donors (Lipinski definition) is 2. The van der Waals surface area contributed by atoms with E-state index in [1.165, 1.54) is 24.4 Å². The Morgan fingerprint density at radius 2 is 1.82 bits per heavy atom. The van der Waals surface area contributed by atoms with Crippen LogP contribution in [0.25, 0.3) is 22.3 Å². The molecule has 0 aliphatic heterocycles. The first kappa shape index (κ1) is 17.3. The summed E-state index contributed by atoms with van der Waals surface area (Å²) in [5.74, 6) is -0.854. The lowest BCUT2D eigenvalue weighted by atomic mass is 10.1. The monoisotopic (exact) mass is 375 g/mol. The van der Waals surface area contributed by atoms with Gasteiger partial charge in [-0.3, -0.25) is 9.78 Å². The van der Waals surface area contributed by atoms with Gasteiger partial charge in [0, 0.05) is 24.0 Å². The van der Waals surface area contributed by atoms with Crippen molar-refractivity contribution < 1.29 is 24.2 Å². The Morgan fingerprint density at radius 3 is 2.54 bits per heavy atom. The van der Waals surface area contributed by atoms with Gasteiger partial charge in [0.05, 0.1) is 5.56 Å². The molecule has 28 heavy (non-hydrogen) atoms. The van der Waals surface area contributed by atoms with Gasteiger partial charge in [-0.05, 0) is 48.5 Å². The number of nitrogens with zero attached hydrogens (tertiary/aromatic N) is 1. The van der Waals surface area contributed by atoms with Crippen LogP contribution >= 0.6 is 0 Å². The largest absolute Gasteiger partial charge is 0.504 e. The molecule has 4 aromatic rings. The molecule has 4 rings (SSSR count). The van der Waals surface area contributed by atoms with Gasteiger partial charge in [-0.15, -0.1) is 0 Å². The van der Waals surface area contributed by atoms with Crippen LogP contribution in [-0.4, -0.2) is 21.2 Å². The zero-order chi connectivity index (χ0) is 19.7. The van der Waals surface area contributed by atoms with Crippen LogP contribution in [0.2, 0.25) is 0 Å². The van der Waals surface area contributed by atoms with E-state index in [9.17, 15) is 19.8 Å². The Bertz CT molecular complexity index is 1230. The van der Waals surface area contributed by atoms with Crippen LogP contribution in [0, 0.1) is 0 Å². The summed E-state index contributed by atoms with van der Waals surface area (Å²) >= 11 is 0. The van der Waals surface area contributed by atoms with Crippen LogP contribution in [-0.2, 0) is 0 Å². The predicted molar refractivity (Wildman–Crippen MR) is 100 cm³/mol. The lowest BCUT2D eigenvalue weighted by molar-refractivity contribution is 0.0734. The molecule has 2 aromatic carbocycles. The second-order valence-electron chi connectivity index (χ2n) is 5.94. The molecular formula is C21H13NO6. The molecular weight excluding hydrogens is 362 g/mol. The minimum atomic E-state index is -0.534. The average molecular weight is 375 g/mol. The van der Waals surface area contributed by atoms with Crippen molar-refractivity contribution in [2.24, 2.45) is 0 Å². The topological polar surface area (TPSA) is 110 Å². The van der Waals surface area contributed by atoms with E-state index in [1.807, 2.05) is 0 Å². The van der Waals surface area contributed by atoms with Gasteiger partial charge in [0.15, 0.2) is 16.9 Å². The zero-order valence-corrected chi connectivity index (χ0v) is 14.3. The van der Waals surface area contributed by atoms with Gasteiger partial charge < -0.3 is 19.4 Å². The summed E-state index contributed by atoms with van der Waals surface area (Å²) in [6.45, 7) is 0. The number of ether oxygens (including phenoxy) is 1. The molecule has 2 aromatic heterocycles. The fourth-order valence-electron chi connectivity index (χ4n) is 2.70. The van der Waals surface area contributed by atoms with Crippen LogP contribution in [0.5, 0.6) is 17.2 Å². The van der Waals surface area contributed by atoms with Gasteiger partial charge >= 0.3 is 5.97 Å². The summed E-state index contributed by atoms with van der Waals surface area (Å²) in [7, 11) is 0. The van der Waals surface area contributed by atoms with Crippen LogP contribution < -0.4 is 10.2 Å². The van der Waals surface area contributed by atoms with Crippen LogP contribution in [0.3, 0.4) is 0 Å². The third kappa shape index (κ3) is 3.16. The first-order chi connectivity index (χ1) is 13.5. The SMILES string of the molecule is O=C(Oc1ccc(-c2cc(=O)c3c(O)c(O)ccc3o2)cc1)c1cccnc1. The molecule has 2 N–H and O–H groups in total. The standard InChI is InChI=1S/C21H13NO6/c23-15-7-8-17-19(20(15)25)16(24)10-18(28-17)12-3-5-14(6-4-12)27-21(26)13-2-1-9-22-11-13/h1-11,23,25H. The fourth-order valence-corrected chi connectivity index (χ4v) is 2.70. The molecule has 0 saturated carbocycles. The second-order valence-corrected chi connectivity index (χ2v) is 5.94. The molecule has 0 amide bonds. The van der Waals surface area contributed by atoms with E-state index in [-0.39, 0.29) is 16.7 Å².